The van der Waals surface area contributed by atoms with Gasteiger partial charge in [-0.25, -0.2) is 9.37 Å². The molecule has 10 heteroatoms. The van der Waals surface area contributed by atoms with Crippen LogP contribution in [0.2, 0.25) is 0 Å². The van der Waals surface area contributed by atoms with Gasteiger partial charge in [0.15, 0.2) is 0 Å². The summed E-state index contributed by atoms with van der Waals surface area (Å²) in [5.41, 5.74) is -0.985. The van der Waals surface area contributed by atoms with E-state index in [0.717, 1.165) is 37.2 Å². The normalized spacial score (nSPS) is 23.8. The minimum Gasteiger partial charge on any atom is -0.472 e. The molecule has 3 fully saturated rings. The van der Waals surface area contributed by atoms with Gasteiger partial charge in [-0.1, -0.05) is 6.07 Å². The van der Waals surface area contributed by atoms with Gasteiger partial charge in [0.2, 0.25) is 5.88 Å². The van der Waals surface area contributed by atoms with Crippen LogP contribution in [0.4, 0.5) is 17.6 Å². The fourth-order valence-electron chi connectivity index (χ4n) is 4.72. The molecule has 0 N–H and O–H groups in total. The van der Waals surface area contributed by atoms with Crippen molar-refractivity contribution in [3.05, 3.63) is 53.2 Å². The smallest absolute Gasteiger partial charge is 0.419 e. The van der Waals surface area contributed by atoms with Gasteiger partial charge in [0.05, 0.1) is 29.2 Å². The number of hydrogen-bond acceptors (Lipinski definition) is 5. The van der Waals surface area contributed by atoms with Gasteiger partial charge in [-0.15, -0.1) is 0 Å². The van der Waals surface area contributed by atoms with Crippen molar-refractivity contribution in [1.29, 1.82) is 0 Å². The Morgan fingerprint density at radius 3 is 2.61 bits per heavy atom. The molecule has 1 amide bonds. The van der Waals surface area contributed by atoms with Crippen LogP contribution in [-0.2, 0) is 6.18 Å². The van der Waals surface area contributed by atoms with Crippen LogP contribution in [0.1, 0.15) is 53.2 Å². The van der Waals surface area contributed by atoms with E-state index in [1.807, 2.05) is 0 Å². The molecule has 1 saturated carbocycles. The van der Waals surface area contributed by atoms with Crippen LogP contribution in [0.5, 0.6) is 5.88 Å². The van der Waals surface area contributed by atoms with E-state index in [1.54, 1.807) is 12.4 Å². The number of aromatic nitrogens is 2. The van der Waals surface area contributed by atoms with Gasteiger partial charge in [-0.3, -0.25) is 14.7 Å². The van der Waals surface area contributed by atoms with Crippen molar-refractivity contribution in [3.63, 3.8) is 0 Å². The van der Waals surface area contributed by atoms with E-state index in [4.69, 9.17) is 4.74 Å². The number of fused-ring (bicyclic) bond motifs is 1. The zero-order chi connectivity index (χ0) is 23.2. The summed E-state index contributed by atoms with van der Waals surface area (Å²) in [4.78, 5) is 25.4. The lowest BCUT2D eigenvalue weighted by molar-refractivity contribution is -0.140. The van der Waals surface area contributed by atoms with Gasteiger partial charge in [0, 0.05) is 44.6 Å². The molecule has 0 spiro atoms. The maximum atomic E-state index is 14.5. The summed E-state index contributed by atoms with van der Waals surface area (Å²) in [5, 5.41) is 0. The molecule has 3 aliphatic rings. The Bertz CT molecular complexity index is 1030. The topological polar surface area (TPSA) is 58.6 Å². The molecule has 1 aromatic heterocycles. The van der Waals surface area contributed by atoms with Gasteiger partial charge < -0.3 is 9.64 Å². The van der Waals surface area contributed by atoms with Crippen LogP contribution in [0.3, 0.4) is 0 Å². The first-order chi connectivity index (χ1) is 15.8. The molecule has 33 heavy (non-hydrogen) atoms. The Hall–Kier alpha value is -2.75. The van der Waals surface area contributed by atoms with E-state index in [0.29, 0.717) is 50.3 Å². The first-order valence-corrected chi connectivity index (χ1v) is 11.2. The monoisotopic (exact) mass is 464 g/mol. The predicted molar refractivity (Wildman–Crippen MR) is 110 cm³/mol. The molecule has 3 heterocycles. The maximum Gasteiger partial charge on any atom is 0.419 e. The lowest BCUT2D eigenvalue weighted by Crippen LogP contribution is -2.40. The second kappa shape index (κ2) is 8.55. The van der Waals surface area contributed by atoms with Crippen molar-refractivity contribution >= 4 is 5.91 Å². The molecule has 1 aromatic carbocycles. The number of amides is 1. The first-order valence-electron chi connectivity index (χ1n) is 11.2. The molecule has 6 nitrogen and oxygen atoms in total. The van der Waals surface area contributed by atoms with Crippen LogP contribution in [0.25, 0.3) is 0 Å². The second-order valence-electron chi connectivity index (χ2n) is 8.95. The second-order valence-corrected chi connectivity index (χ2v) is 8.95. The summed E-state index contributed by atoms with van der Waals surface area (Å²) in [6, 6.07) is 2.81. The number of carbonyl (C=O) groups excluding carboxylic acids is 1. The highest BCUT2D eigenvalue weighted by molar-refractivity contribution is 5.94. The third kappa shape index (κ3) is 4.66. The Labute approximate surface area is 188 Å². The number of halogens is 4. The van der Waals surface area contributed by atoms with Gasteiger partial charge in [-0.05, 0) is 31.4 Å². The molecular weight excluding hydrogens is 440 g/mol. The third-order valence-electron chi connectivity index (χ3n) is 6.55. The Kier molecular flexibility index (Phi) is 5.72. The lowest BCUT2D eigenvalue weighted by atomic mass is 10.1. The number of rotatable bonds is 4. The predicted octanol–water partition coefficient (Wildman–Crippen LogP) is 3.88. The standard InChI is InChI=1S/C23H24F4N4O2/c24-21-17(3-1-4-18(21)23(25,26)27)22(32)31-8-2-7-30-13-16(9-15(30)12-31)33-20-11-28-19(10-29-20)14-5-6-14/h1,3-4,10-11,14-16H,2,5-9,12-13H2/t15-,16-/m1/s1. The summed E-state index contributed by atoms with van der Waals surface area (Å²) >= 11 is 0. The van der Waals surface area contributed by atoms with E-state index in [9.17, 15) is 22.4 Å². The molecule has 0 unspecified atom stereocenters. The summed E-state index contributed by atoms with van der Waals surface area (Å²) in [6.45, 7) is 2.06. The minimum atomic E-state index is -4.86. The molecular formula is C23H24F4N4O2. The number of carbonyl (C=O) groups is 1. The molecule has 0 bridgehead atoms. The van der Waals surface area contributed by atoms with E-state index < -0.39 is 29.0 Å². The molecule has 5 rings (SSSR count). The fourth-order valence-corrected chi connectivity index (χ4v) is 4.72. The fraction of sp³-hybridized carbons (Fsp3) is 0.522. The number of alkyl halides is 3. The van der Waals surface area contributed by atoms with Crippen molar-refractivity contribution < 1.29 is 27.1 Å². The van der Waals surface area contributed by atoms with Gasteiger partial charge >= 0.3 is 6.18 Å². The summed E-state index contributed by atoms with van der Waals surface area (Å²) in [6.07, 6.45) is 1.99. The highest BCUT2D eigenvalue weighted by atomic mass is 19.4. The average molecular weight is 464 g/mol. The van der Waals surface area contributed by atoms with Crippen molar-refractivity contribution in [2.45, 2.75) is 49.9 Å². The zero-order valence-electron chi connectivity index (χ0n) is 17.9. The minimum absolute atomic E-state index is 0.0194. The molecule has 2 atom stereocenters. The first kappa shape index (κ1) is 22.1. The summed E-state index contributed by atoms with van der Waals surface area (Å²) in [5.74, 6) is -1.26. The van der Waals surface area contributed by atoms with E-state index in [-0.39, 0.29) is 12.1 Å². The number of ether oxygens (including phenoxy) is 1. The van der Waals surface area contributed by atoms with Crippen molar-refractivity contribution in [1.82, 2.24) is 19.8 Å². The largest absolute Gasteiger partial charge is 0.472 e. The number of hydrogen-bond donors (Lipinski definition) is 0. The quantitative estimate of drug-likeness (QED) is 0.643. The van der Waals surface area contributed by atoms with Crippen LogP contribution < -0.4 is 4.74 Å². The number of benzene rings is 1. The molecule has 0 radical (unpaired) electrons. The highest BCUT2D eigenvalue weighted by Crippen LogP contribution is 2.38. The zero-order valence-corrected chi connectivity index (χ0v) is 17.9. The average Bonchev–Trinajstić information content (AvgIpc) is 3.58. The van der Waals surface area contributed by atoms with Crippen molar-refractivity contribution in [2.75, 3.05) is 26.2 Å². The van der Waals surface area contributed by atoms with Gasteiger partial charge in [0.1, 0.15) is 11.9 Å². The van der Waals surface area contributed by atoms with Crippen LogP contribution in [-0.4, -0.2) is 64.0 Å². The van der Waals surface area contributed by atoms with E-state index in [1.165, 1.54) is 4.90 Å². The number of nitrogens with zero attached hydrogens (tertiary/aromatic N) is 4. The van der Waals surface area contributed by atoms with Crippen LogP contribution >= 0.6 is 0 Å². The Morgan fingerprint density at radius 1 is 1.09 bits per heavy atom. The summed E-state index contributed by atoms with van der Waals surface area (Å²) < 4.78 is 59.7. The lowest BCUT2D eigenvalue weighted by Gasteiger charge is -2.26. The maximum absolute atomic E-state index is 14.5. The van der Waals surface area contributed by atoms with Gasteiger partial charge in [0.25, 0.3) is 5.91 Å². The summed E-state index contributed by atoms with van der Waals surface area (Å²) in [7, 11) is 0. The van der Waals surface area contributed by atoms with Crippen LogP contribution in [0, 0.1) is 5.82 Å². The van der Waals surface area contributed by atoms with Crippen LogP contribution in [0.15, 0.2) is 30.6 Å². The van der Waals surface area contributed by atoms with Gasteiger partial charge in [-0.2, -0.15) is 13.2 Å². The molecule has 1 aliphatic carbocycles. The van der Waals surface area contributed by atoms with E-state index >= 15 is 0 Å². The molecule has 176 valence electrons. The van der Waals surface area contributed by atoms with E-state index in [2.05, 4.69) is 14.9 Å². The Morgan fingerprint density at radius 2 is 1.91 bits per heavy atom. The SMILES string of the molecule is O=C(c1cccc(C(F)(F)F)c1F)N1CCCN2C[C@H](Oc3cnc(C4CC4)cn3)C[C@@H]2C1. The van der Waals surface area contributed by atoms with Crippen molar-refractivity contribution in [2.24, 2.45) is 0 Å². The highest BCUT2D eigenvalue weighted by Gasteiger charge is 2.39. The van der Waals surface area contributed by atoms with Crippen molar-refractivity contribution in [3.8, 4) is 5.88 Å². The third-order valence-corrected chi connectivity index (χ3v) is 6.55. The molecule has 2 aliphatic heterocycles. The molecule has 2 aromatic rings. The molecule has 2 saturated heterocycles. The Balaban J connectivity index is 1.25.